The predicted octanol–water partition coefficient (Wildman–Crippen LogP) is 2.97. The molecule has 7 nitrogen and oxygen atoms in total. The van der Waals surface area contributed by atoms with E-state index in [1.54, 1.807) is 48.8 Å². The summed E-state index contributed by atoms with van der Waals surface area (Å²) in [5.41, 5.74) is 1.94. The number of thioether (sulfide) groups is 1. The van der Waals surface area contributed by atoms with Gasteiger partial charge >= 0.3 is 0 Å². The van der Waals surface area contributed by atoms with Crippen LogP contribution in [-0.2, 0) is 14.4 Å². The highest BCUT2D eigenvalue weighted by Crippen LogP contribution is 2.44. The first-order valence-electron chi connectivity index (χ1n) is 8.70. The summed E-state index contributed by atoms with van der Waals surface area (Å²) in [6, 6.07) is 10.5. The number of fused-ring (bicyclic) bond motifs is 1. The van der Waals surface area contributed by atoms with Gasteiger partial charge in [0.2, 0.25) is 5.91 Å². The van der Waals surface area contributed by atoms with Gasteiger partial charge in [-0.15, -0.1) is 0 Å². The summed E-state index contributed by atoms with van der Waals surface area (Å²) < 4.78 is 0. The highest BCUT2D eigenvalue weighted by Gasteiger charge is 2.43. The third-order valence-corrected chi connectivity index (χ3v) is 5.50. The van der Waals surface area contributed by atoms with Gasteiger partial charge in [0.1, 0.15) is 0 Å². The number of imide groups is 1. The van der Waals surface area contributed by atoms with Crippen molar-refractivity contribution in [3.05, 3.63) is 59.3 Å². The highest BCUT2D eigenvalue weighted by molar-refractivity contribution is 8.18. The summed E-state index contributed by atoms with van der Waals surface area (Å²) in [4.78, 5) is 49.6. The maximum Gasteiger partial charge on any atom is 0.267 e. The van der Waals surface area contributed by atoms with Gasteiger partial charge in [-0.2, -0.15) is 0 Å². The van der Waals surface area contributed by atoms with Gasteiger partial charge < -0.3 is 0 Å². The molecule has 4 rings (SSSR count). The van der Waals surface area contributed by atoms with Crippen LogP contribution in [0.15, 0.2) is 58.7 Å². The Hall–Kier alpha value is -3.26. The molecule has 3 heterocycles. The first-order valence-corrected chi connectivity index (χ1v) is 9.51. The Morgan fingerprint density at radius 2 is 1.93 bits per heavy atom. The standard InChI is InChI=1S/C20H16N4O3S/c1-3-23-19(27)17(28-20(23)22-13-7-6-10-21-11-13)16-14-8-4-5-9-15(14)24(12(2)25)18(16)26/h4-11H,3H2,1-2H3/b17-16-,22-20?. The first kappa shape index (κ1) is 18.1. The number of anilines is 1. The lowest BCUT2D eigenvalue weighted by Crippen LogP contribution is -2.32. The van der Waals surface area contributed by atoms with Crippen LogP contribution >= 0.6 is 11.8 Å². The van der Waals surface area contributed by atoms with E-state index in [4.69, 9.17) is 0 Å². The number of aromatic nitrogens is 1. The number of rotatable bonds is 2. The second-order valence-corrected chi connectivity index (χ2v) is 7.12. The zero-order valence-corrected chi connectivity index (χ0v) is 16.1. The molecule has 0 aliphatic carbocycles. The van der Waals surface area contributed by atoms with Gasteiger partial charge in [-0.3, -0.25) is 24.3 Å². The Bertz CT molecular complexity index is 1060. The number of amides is 3. The molecule has 0 bridgehead atoms. The lowest BCUT2D eigenvalue weighted by atomic mass is 10.1. The fourth-order valence-corrected chi connectivity index (χ4v) is 4.35. The number of aliphatic imine (C=N–C) groups is 1. The van der Waals surface area contributed by atoms with E-state index in [1.165, 1.54) is 11.8 Å². The quantitative estimate of drug-likeness (QED) is 0.734. The molecule has 28 heavy (non-hydrogen) atoms. The third-order valence-electron chi connectivity index (χ3n) is 4.42. The van der Waals surface area contributed by atoms with Crippen LogP contribution in [0.1, 0.15) is 19.4 Å². The van der Waals surface area contributed by atoms with Gasteiger partial charge in [-0.1, -0.05) is 18.2 Å². The average Bonchev–Trinajstić information content (AvgIpc) is 3.15. The third kappa shape index (κ3) is 2.82. The van der Waals surface area contributed by atoms with Gasteiger partial charge in [0, 0.05) is 25.2 Å². The molecule has 2 aliphatic rings. The Morgan fingerprint density at radius 1 is 1.14 bits per heavy atom. The van der Waals surface area contributed by atoms with Crippen LogP contribution < -0.4 is 4.90 Å². The molecule has 1 saturated heterocycles. The molecule has 0 N–H and O–H groups in total. The van der Waals surface area contributed by atoms with Crippen LogP contribution in [0.25, 0.3) is 5.57 Å². The summed E-state index contributed by atoms with van der Waals surface area (Å²) in [5.74, 6) is -1.16. The number of carbonyl (C=O) groups is 3. The molecule has 0 unspecified atom stereocenters. The van der Waals surface area contributed by atoms with E-state index in [1.807, 2.05) is 6.92 Å². The Kier molecular flexibility index (Phi) is 4.56. The summed E-state index contributed by atoms with van der Waals surface area (Å²) in [6.45, 7) is 3.59. The molecular weight excluding hydrogens is 376 g/mol. The van der Waals surface area contributed by atoms with Crippen molar-refractivity contribution in [2.45, 2.75) is 13.8 Å². The Labute approximate surface area is 165 Å². The predicted molar refractivity (Wildman–Crippen MR) is 108 cm³/mol. The molecule has 8 heteroatoms. The maximum atomic E-state index is 13.1. The van der Waals surface area contributed by atoms with Crippen molar-refractivity contribution in [2.24, 2.45) is 4.99 Å². The number of likely N-dealkylation sites (N-methyl/N-ethyl adjacent to an activating group) is 1. The number of hydrogen-bond donors (Lipinski definition) is 0. The van der Waals surface area contributed by atoms with E-state index in [0.717, 1.165) is 16.7 Å². The molecule has 0 radical (unpaired) electrons. The smallest absolute Gasteiger partial charge is 0.267 e. The molecular formula is C20H16N4O3S. The largest absolute Gasteiger partial charge is 0.287 e. The second-order valence-electron chi connectivity index (χ2n) is 6.14. The van der Waals surface area contributed by atoms with Crippen LogP contribution in [0.2, 0.25) is 0 Å². The number of hydrogen-bond acceptors (Lipinski definition) is 6. The van der Waals surface area contributed by atoms with Crippen LogP contribution in [-0.4, -0.2) is 39.3 Å². The van der Waals surface area contributed by atoms with Crippen molar-refractivity contribution in [3.8, 4) is 0 Å². The van der Waals surface area contributed by atoms with Gasteiger partial charge in [-0.25, -0.2) is 9.89 Å². The summed E-state index contributed by atoms with van der Waals surface area (Å²) >= 11 is 1.14. The molecule has 1 fully saturated rings. The van der Waals surface area contributed by atoms with Crippen LogP contribution in [0.5, 0.6) is 0 Å². The van der Waals surface area contributed by atoms with Crippen LogP contribution in [0.4, 0.5) is 11.4 Å². The number of nitrogens with zero attached hydrogens (tertiary/aromatic N) is 4. The van der Waals surface area contributed by atoms with Gasteiger partial charge in [0.15, 0.2) is 5.17 Å². The molecule has 2 aromatic rings. The minimum absolute atomic E-state index is 0.246. The van der Waals surface area contributed by atoms with E-state index in [0.29, 0.717) is 28.7 Å². The monoisotopic (exact) mass is 392 g/mol. The van der Waals surface area contributed by atoms with Gasteiger partial charge in [-0.05, 0) is 36.9 Å². The van der Waals surface area contributed by atoms with Crippen LogP contribution in [0, 0.1) is 0 Å². The minimum Gasteiger partial charge on any atom is -0.287 e. The number of amidine groups is 1. The average molecular weight is 392 g/mol. The fourth-order valence-electron chi connectivity index (χ4n) is 3.20. The molecule has 0 atom stereocenters. The fraction of sp³-hybridized carbons (Fsp3) is 0.150. The van der Waals surface area contributed by atoms with Crippen molar-refractivity contribution in [3.63, 3.8) is 0 Å². The molecule has 0 spiro atoms. The van der Waals surface area contributed by atoms with E-state index < -0.39 is 5.91 Å². The summed E-state index contributed by atoms with van der Waals surface area (Å²) in [7, 11) is 0. The van der Waals surface area contributed by atoms with Crippen molar-refractivity contribution < 1.29 is 14.4 Å². The lowest BCUT2D eigenvalue weighted by molar-refractivity contribution is -0.124. The number of para-hydroxylation sites is 1. The van der Waals surface area contributed by atoms with Crippen molar-refractivity contribution in [1.82, 2.24) is 9.88 Å². The Morgan fingerprint density at radius 3 is 2.61 bits per heavy atom. The lowest BCUT2D eigenvalue weighted by Gasteiger charge is -2.12. The summed E-state index contributed by atoms with van der Waals surface area (Å²) in [5, 5.41) is 0.481. The van der Waals surface area contributed by atoms with E-state index in [-0.39, 0.29) is 22.3 Å². The van der Waals surface area contributed by atoms with E-state index in [2.05, 4.69) is 9.98 Å². The van der Waals surface area contributed by atoms with Crippen LogP contribution in [0.3, 0.4) is 0 Å². The number of pyridine rings is 1. The van der Waals surface area contributed by atoms with E-state index >= 15 is 0 Å². The van der Waals surface area contributed by atoms with Crippen molar-refractivity contribution in [2.75, 3.05) is 11.4 Å². The van der Waals surface area contributed by atoms with Gasteiger partial charge in [0.25, 0.3) is 11.8 Å². The van der Waals surface area contributed by atoms with Crippen molar-refractivity contribution >= 4 is 51.6 Å². The molecule has 1 aromatic heterocycles. The topological polar surface area (TPSA) is 82.9 Å². The second kappa shape index (κ2) is 7.05. The SMILES string of the molecule is CCN1C(=O)/C(=C2/C(=O)N(C(C)=O)c3ccccc32)SC1=Nc1cccnc1. The zero-order chi connectivity index (χ0) is 19.8. The highest BCUT2D eigenvalue weighted by atomic mass is 32.2. The number of carbonyl (C=O) groups excluding carboxylic acids is 3. The zero-order valence-electron chi connectivity index (χ0n) is 15.2. The normalized spacial score (nSPS) is 20.3. The number of benzene rings is 1. The Balaban J connectivity index is 1.86. The molecule has 1 aromatic carbocycles. The minimum atomic E-state index is -0.483. The molecule has 2 aliphatic heterocycles. The first-order chi connectivity index (χ1) is 13.5. The van der Waals surface area contributed by atoms with E-state index in [9.17, 15) is 14.4 Å². The maximum absolute atomic E-state index is 13.1. The molecule has 0 saturated carbocycles. The summed E-state index contributed by atoms with van der Waals surface area (Å²) in [6.07, 6.45) is 3.25. The molecule has 3 amide bonds. The van der Waals surface area contributed by atoms with Gasteiger partial charge in [0.05, 0.1) is 28.0 Å². The van der Waals surface area contributed by atoms with Crippen molar-refractivity contribution in [1.29, 1.82) is 0 Å². The molecule has 140 valence electrons.